The zero-order valence-electron chi connectivity index (χ0n) is 8.96. The zero-order valence-corrected chi connectivity index (χ0v) is 8.96. The van der Waals surface area contributed by atoms with E-state index in [1.807, 2.05) is 13.8 Å². The molecule has 2 atom stereocenters. The first-order chi connectivity index (χ1) is 6.83. The lowest BCUT2D eigenvalue weighted by molar-refractivity contribution is 0.154. The second-order valence-electron chi connectivity index (χ2n) is 3.42. The first-order valence-corrected chi connectivity index (χ1v) is 5.35. The van der Waals surface area contributed by atoms with Crippen molar-refractivity contribution in [3.8, 4) is 0 Å². The molecule has 2 aliphatic rings. The topological polar surface area (TPSA) is 58.3 Å². The largest absolute Gasteiger partial charge is 0.391 e. The van der Waals surface area contributed by atoms with Crippen LogP contribution in [0.5, 0.6) is 0 Å². The highest BCUT2D eigenvalue weighted by atomic mass is 16.3. The summed E-state index contributed by atoms with van der Waals surface area (Å²) in [6.07, 6.45) is 6.86. The molecule has 0 spiro atoms. The maximum absolute atomic E-state index is 9.60. The van der Waals surface area contributed by atoms with Gasteiger partial charge in [-0.25, -0.2) is 0 Å². The van der Waals surface area contributed by atoms with Gasteiger partial charge in [-0.05, 0) is 24.8 Å². The van der Waals surface area contributed by atoms with Crippen LogP contribution in [0.15, 0.2) is 23.3 Å². The first kappa shape index (κ1) is 11.4. The van der Waals surface area contributed by atoms with Crippen molar-refractivity contribution in [2.24, 2.45) is 5.84 Å². The highest BCUT2D eigenvalue weighted by Crippen LogP contribution is 2.33. The summed E-state index contributed by atoms with van der Waals surface area (Å²) >= 11 is 0. The van der Waals surface area contributed by atoms with Crippen molar-refractivity contribution in [1.82, 2.24) is 5.43 Å². The average molecular weight is 196 g/mol. The van der Waals surface area contributed by atoms with E-state index in [2.05, 4.69) is 17.6 Å². The minimum atomic E-state index is -0.331. The van der Waals surface area contributed by atoms with Crippen molar-refractivity contribution in [1.29, 1.82) is 0 Å². The zero-order chi connectivity index (χ0) is 10.6. The fourth-order valence-electron chi connectivity index (χ4n) is 2.05. The van der Waals surface area contributed by atoms with Crippen LogP contribution in [0.1, 0.15) is 33.1 Å². The smallest absolute Gasteiger partial charge is 0.0785 e. The van der Waals surface area contributed by atoms with Gasteiger partial charge in [-0.3, -0.25) is 11.3 Å². The van der Waals surface area contributed by atoms with Crippen molar-refractivity contribution in [2.45, 2.75) is 45.3 Å². The summed E-state index contributed by atoms with van der Waals surface area (Å²) < 4.78 is 0. The van der Waals surface area contributed by atoms with Crippen molar-refractivity contribution in [2.75, 3.05) is 0 Å². The summed E-state index contributed by atoms with van der Waals surface area (Å²) in [5.41, 5.74) is 5.23. The van der Waals surface area contributed by atoms with Gasteiger partial charge < -0.3 is 5.11 Å². The number of nitrogens with two attached hydrogens (primary N) is 1. The Kier molecular flexibility index (Phi) is 4.32. The molecular weight excluding hydrogens is 176 g/mol. The monoisotopic (exact) mass is 196 g/mol. The molecule has 0 radical (unpaired) electrons. The molecule has 0 aliphatic heterocycles. The van der Waals surface area contributed by atoms with Crippen molar-refractivity contribution >= 4 is 0 Å². The lowest BCUT2D eigenvalue weighted by Gasteiger charge is -2.16. The van der Waals surface area contributed by atoms with E-state index in [1.54, 1.807) is 0 Å². The van der Waals surface area contributed by atoms with Gasteiger partial charge in [0.15, 0.2) is 0 Å². The molecule has 0 aromatic carbocycles. The number of hydrogen-bond acceptors (Lipinski definition) is 3. The normalized spacial score (nSPS) is 29.7. The van der Waals surface area contributed by atoms with E-state index < -0.39 is 0 Å². The molecule has 4 N–H and O–H groups in total. The maximum Gasteiger partial charge on any atom is 0.0785 e. The lowest BCUT2D eigenvalue weighted by Crippen LogP contribution is -2.42. The van der Waals surface area contributed by atoms with E-state index >= 15 is 0 Å². The highest BCUT2D eigenvalue weighted by Gasteiger charge is 2.31. The Labute approximate surface area is 85.7 Å². The SMILES string of the molecule is CC.NNC1C2=C(CCC=C2)CC1O. The summed E-state index contributed by atoms with van der Waals surface area (Å²) in [5.74, 6) is 5.35. The van der Waals surface area contributed by atoms with Crippen LogP contribution < -0.4 is 11.3 Å². The third kappa shape index (κ3) is 2.05. The predicted molar refractivity (Wildman–Crippen MR) is 58.5 cm³/mol. The molecule has 0 amide bonds. The van der Waals surface area contributed by atoms with E-state index in [0.717, 1.165) is 19.3 Å². The standard InChI is InChI=1S/C9H14N2O.C2H6/c10-11-9-7-4-2-1-3-6(7)5-8(9)12;1-2/h2,4,8-9,11-12H,1,3,5,10H2;1-2H3. The van der Waals surface area contributed by atoms with Crippen molar-refractivity contribution in [3.05, 3.63) is 23.3 Å². The highest BCUT2D eigenvalue weighted by molar-refractivity contribution is 5.39. The Morgan fingerprint density at radius 2 is 2.21 bits per heavy atom. The van der Waals surface area contributed by atoms with Gasteiger partial charge in [0.2, 0.25) is 0 Å². The van der Waals surface area contributed by atoms with Crippen LogP contribution >= 0.6 is 0 Å². The van der Waals surface area contributed by atoms with Gasteiger partial charge in [-0.2, -0.15) is 0 Å². The Morgan fingerprint density at radius 1 is 1.50 bits per heavy atom. The molecule has 0 aromatic rings. The number of aliphatic hydroxyl groups is 1. The van der Waals surface area contributed by atoms with Gasteiger partial charge in [-0.1, -0.05) is 31.6 Å². The van der Waals surface area contributed by atoms with Crippen LogP contribution in [0, 0.1) is 0 Å². The van der Waals surface area contributed by atoms with Gasteiger partial charge in [0.05, 0.1) is 12.1 Å². The van der Waals surface area contributed by atoms with Crippen LogP contribution in [-0.4, -0.2) is 17.3 Å². The Morgan fingerprint density at radius 3 is 2.86 bits per heavy atom. The van der Waals surface area contributed by atoms with Crippen LogP contribution in [0.3, 0.4) is 0 Å². The molecule has 2 unspecified atom stereocenters. The van der Waals surface area contributed by atoms with Crippen LogP contribution in [-0.2, 0) is 0 Å². The van der Waals surface area contributed by atoms with Gasteiger partial charge in [0.1, 0.15) is 0 Å². The van der Waals surface area contributed by atoms with Crippen molar-refractivity contribution in [3.63, 3.8) is 0 Å². The van der Waals surface area contributed by atoms with Gasteiger partial charge in [0, 0.05) is 0 Å². The number of hydrogen-bond donors (Lipinski definition) is 3. The number of allylic oxidation sites excluding steroid dienone is 1. The molecule has 2 rings (SSSR count). The summed E-state index contributed by atoms with van der Waals surface area (Å²) in [4.78, 5) is 0. The van der Waals surface area contributed by atoms with E-state index in [9.17, 15) is 5.11 Å². The molecule has 0 aromatic heterocycles. The second kappa shape index (κ2) is 5.29. The van der Waals surface area contributed by atoms with Crippen LogP contribution in [0.2, 0.25) is 0 Å². The molecule has 0 bridgehead atoms. The molecule has 0 saturated carbocycles. The number of rotatable bonds is 1. The molecule has 0 fully saturated rings. The van der Waals surface area contributed by atoms with E-state index in [4.69, 9.17) is 5.84 Å². The molecule has 0 heterocycles. The molecule has 14 heavy (non-hydrogen) atoms. The number of nitrogens with one attached hydrogen (secondary N) is 1. The van der Waals surface area contributed by atoms with Gasteiger partial charge in [0.25, 0.3) is 0 Å². The molecule has 2 aliphatic carbocycles. The quantitative estimate of drug-likeness (QED) is 0.437. The maximum atomic E-state index is 9.60. The molecule has 80 valence electrons. The minimum Gasteiger partial charge on any atom is -0.391 e. The number of aliphatic hydroxyl groups excluding tert-OH is 1. The second-order valence-corrected chi connectivity index (χ2v) is 3.42. The van der Waals surface area contributed by atoms with E-state index in [1.165, 1.54) is 11.1 Å². The van der Waals surface area contributed by atoms with Crippen molar-refractivity contribution < 1.29 is 5.11 Å². The first-order valence-electron chi connectivity index (χ1n) is 5.35. The van der Waals surface area contributed by atoms with Gasteiger partial charge in [-0.15, -0.1) is 0 Å². The van der Waals surface area contributed by atoms with Gasteiger partial charge >= 0.3 is 0 Å². The minimum absolute atomic E-state index is 0.0449. The van der Waals surface area contributed by atoms with E-state index in [0.29, 0.717) is 0 Å². The van der Waals surface area contributed by atoms with Crippen LogP contribution in [0.25, 0.3) is 0 Å². The predicted octanol–water partition coefficient (Wildman–Crippen LogP) is 1.26. The van der Waals surface area contributed by atoms with E-state index in [-0.39, 0.29) is 12.1 Å². The molecule has 3 nitrogen and oxygen atoms in total. The molecular formula is C11H20N2O. The number of hydrazine groups is 1. The summed E-state index contributed by atoms with van der Waals surface area (Å²) in [6.45, 7) is 4.00. The third-order valence-corrected chi connectivity index (χ3v) is 2.67. The Bertz CT molecular complexity index is 246. The Balaban J connectivity index is 0.000000461. The summed E-state index contributed by atoms with van der Waals surface area (Å²) in [6, 6.07) is -0.0449. The third-order valence-electron chi connectivity index (χ3n) is 2.67. The fraction of sp³-hybridized carbons (Fsp3) is 0.636. The lowest BCUT2D eigenvalue weighted by atomic mass is 9.99. The fourth-order valence-corrected chi connectivity index (χ4v) is 2.05. The summed E-state index contributed by atoms with van der Waals surface area (Å²) in [7, 11) is 0. The Hall–Kier alpha value is -0.640. The average Bonchev–Trinajstić information content (AvgIpc) is 2.56. The summed E-state index contributed by atoms with van der Waals surface area (Å²) in [5, 5.41) is 9.60. The molecule has 0 saturated heterocycles. The van der Waals surface area contributed by atoms with Crippen LogP contribution in [0.4, 0.5) is 0 Å². The molecule has 3 heteroatoms.